The molecule has 2 rings (SSSR count). The van der Waals surface area contributed by atoms with Crippen molar-refractivity contribution in [2.75, 3.05) is 6.54 Å². The first-order valence-electron chi connectivity index (χ1n) is 5.81. The fourth-order valence-corrected chi connectivity index (χ4v) is 3.57. The molecule has 112 valence electrons. The Balaban J connectivity index is 2.07. The van der Waals surface area contributed by atoms with E-state index in [9.17, 15) is 13.2 Å². The van der Waals surface area contributed by atoms with Gasteiger partial charge in [0.15, 0.2) is 4.67 Å². The Hall–Kier alpha value is -1.71. The van der Waals surface area contributed by atoms with Crippen molar-refractivity contribution in [3.8, 4) is 0 Å². The van der Waals surface area contributed by atoms with Crippen LogP contribution in [0.2, 0.25) is 0 Å². The zero-order valence-corrected chi connectivity index (χ0v) is 13.0. The van der Waals surface area contributed by atoms with Gasteiger partial charge in [-0.1, -0.05) is 0 Å². The number of carboxylic acid groups (broad SMARTS) is 1. The smallest absolute Gasteiger partial charge is 0.371 e. The normalized spacial score (nSPS) is 11.5. The van der Waals surface area contributed by atoms with E-state index in [4.69, 9.17) is 9.52 Å². The van der Waals surface area contributed by atoms with E-state index in [1.54, 1.807) is 24.5 Å². The summed E-state index contributed by atoms with van der Waals surface area (Å²) in [6.07, 6.45) is 3.73. The summed E-state index contributed by atoms with van der Waals surface area (Å²) >= 11 is 2.90. The number of hydrogen-bond donors (Lipinski definition) is 2. The van der Waals surface area contributed by atoms with Crippen LogP contribution in [-0.4, -0.2) is 31.0 Å². The summed E-state index contributed by atoms with van der Waals surface area (Å²) in [5.41, 5.74) is 0.935. The summed E-state index contributed by atoms with van der Waals surface area (Å²) in [7, 11) is -3.84. The van der Waals surface area contributed by atoms with Gasteiger partial charge in [0, 0.05) is 25.0 Å². The molecule has 0 atom stereocenters. The Bertz CT molecular complexity index is 742. The SMILES string of the molecule is O=C(O)c1cc(S(=O)(=O)NCCc2ccncc2)c(Br)o1. The predicted octanol–water partition coefficient (Wildman–Crippen LogP) is 1.66. The van der Waals surface area contributed by atoms with Gasteiger partial charge in [0.1, 0.15) is 4.90 Å². The highest BCUT2D eigenvalue weighted by Crippen LogP contribution is 2.25. The van der Waals surface area contributed by atoms with E-state index < -0.39 is 21.8 Å². The third-order valence-electron chi connectivity index (χ3n) is 2.61. The molecule has 7 nitrogen and oxygen atoms in total. The number of furan rings is 1. The van der Waals surface area contributed by atoms with Crippen molar-refractivity contribution in [3.05, 3.63) is 46.6 Å². The van der Waals surface area contributed by atoms with Crippen LogP contribution in [0.25, 0.3) is 0 Å². The maximum atomic E-state index is 12.1. The van der Waals surface area contributed by atoms with Crippen LogP contribution in [-0.2, 0) is 16.4 Å². The molecule has 2 aromatic heterocycles. The number of nitrogens with one attached hydrogen (secondary N) is 1. The molecule has 2 aromatic rings. The second kappa shape index (κ2) is 6.37. The largest absolute Gasteiger partial charge is 0.475 e. The van der Waals surface area contributed by atoms with Crippen molar-refractivity contribution in [1.29, 1.82) is 0 Å². The molecular weight excluding hydrogens is 364 g/mol. The number of aromatic carboxylic acids is 1. The first-order chi connectivity index (χ1) is 9.90. The van der Waals surface area contributed by atoms with Crippen LogP contribution in [0, 0.1) is 0 Å². The van der Waals surface area contributed by atoms with Crippen LogP contribution in [0.1, 0.15) is 16.1 Å². The summed E-state index contributed by atoms with van der Waals surface area (Å²) in [6.45, 7) is 0.173. The molecule has 2 N–H and O–H groups in total. The Kier molecular flexibility index (Phi) is 4.76. The fourth-order valence-electron chi connectivity index (χ4n) is 1.60. The van der Waals surface area contributed by atoms with Crippen molar-refractivity contribution < 1.29 is 22.7 Å². The molecule has 0 saturated heterocycles. The molecule has 9 heteroatoms. The number of halogens is 1. The maximum Gasteiger partial charge on any atom is 0.371 e. The number of nitrogens with zero attached hydrogens (tertiary/aromatic N) is 1. The number of sulfonamides is 1. The number of hydrogen-bond acceptors (Lipinski definition) is 5. The molecule has 0 unspecified atom stereocenters. The quantitative estimate of drug-likeness (QED) is 0.795. The third kappa shape index (κ3) is 3.90. The lowest BCUT2D eigenvalue weighted by molar-refractivity contribution is 0.0661. The predicted molar refractivity (Wildman–Crippen MR) is 76.5 cm³/mol. The lowest BCUT2D eigenvalue weighted by Crippen LogP contribution is -2.26. The minimum Gasteiger partial charge on any atom is -0.475 e. The lowest BCUT2D eigenvalue weighted by atomic mass is 10.2. The number of pyridine rings is 1. The van der Waals surface area contributed by atoms with Gasteiger partial charge in [-0.2, -0.15) is 0 Å². The molecule has 0 aliphatic rings. The highest BCUT2D eigenvalue weighted by molar-refractivity contribution is 9.10. The topological polar surface area (TPSA) is 110 Å². The van der Waals surface area contributed by atoms with Crippen molar-refractivity contribution in [1.82, 2.24) is 9.71 Å². The van der Waals surface area contributed by atoms with Gasteiger partial charge < -0.3 is 9.52 Å². The zero-order valence-electron chi connectivity index (χ0n) is 10.6. The summed E-state index contributed by atoms with van der Waals surface area (Å²) in [6, 6.07) is 4.52. The molecular formula is C12H11BrN2O5S. The first-order valence-corrected chi connectivity index (χ1v) is 8.09. The highest BCUT2D eigenvalue weighted by atomic mass is 79.9. The monoisotopic (exact) mass is 374 g/mol. The summed E-state index contributed by atoms with van der Waals surface area (Å²) in [5, 5.41) is 8.78. The molecule has 0 bridgehead atoms. The first kappa shape index (κ1) is 15.7. The molecule has 21 heavy (non-hydrogen) atoms. The summed E-state index contributed by atoms with van der Waals surface area (Å²) < 4.78 is 31.2. The Morgan fingerprint density at radius 1 is 1.38 bits per heavy atom. The van der Waals surface area contributed by atoms with Crippen molar-refractivity contribution >= 4 is 31.9 Å². The number of carbonyl (C=O) groups is 1. The molecule has 0 aliphatic heterocycles. The molecule has 0 saturated carbocycles. The number of aromatic nitrogens is 1. The van der Waals surface area contributed by atoms with E-state index in [2.05, 4.69) is 25.6 Å². The standard InChI is InChI=1S/C12H11BrN2O5S/c13-11-10(7-9(20-11)12(16)17)21(18,19)15-6-3-8-1-4-14-5-2-8/h1-2,4-5,7,15H,3,6H2,(H,16,17). The van der Waals surface area contributed by atoms with Crippen LogP contribution in [0.15, 0.2) is 44.6 Å². The Morgan fingerprint density at radius 2 is 2.05 bits per heavy atom. The highest BCUT2D eigenvalue weighted by Gasteiger charge is 2.24. The van der Waals surface area contributed by atoms with Gasteiger partial charge in [-0.25, -0.2) is 17.9 Å². The third-order valence-corrected chi connectivity index (χ3v) is 4.93. The van der Waals surface area contributed by atoms with Crippen molar-refractivity contribution in [3.63, 3.8) is 0 Å². The van der Waals surface area contributed by atoms with Crippen LogP contribution < -0.4 is 4.72 Å². The Labute approximate surface area is 129 Å². The zero-order chi connectivity index (χ0) is 15.5. The minimum absolute atomic E-state index is 0.142. The molecule has 0 radical (unpaired) electrons. The van der Waals surface area contributed by atoms with Crippen LogP contribution >= 0.6 is 15.9 Å². The van der Waals surface area contributed by atoms with E-state index in [0.29, 0.717) is 6.42 Å². The molecule has 0 aliphatic carbocycles. The average Bonchev–Trinajstić information content (AvgIpc) is 2.83. The fraction of sp³-hybridized carbons (Fsp3) is 0.167. The van der Waals surface area contributed by atoms with E-state index in [1.807, 2.05) is 0 Å². The second-order valence-electron chi connectivity index (χ2n) is 4.06. The van der Waals surface area contributed by atoms with Gasteiger partial charge in [-0.3, -0.25) is 4.98 Å². The number of rotatable bonds is 6. The van der Waals surface area contributed by atoms with Crippen LogP contribution in [0.5, 0.6) is 0 Å². The van der Waals surface area contributed by atoms with E-state index in [0.717, 1.165) is 11.6 Å². The van der Waals surface area contributed by atoms with Crippen molar-refractivity contribution in [2.45, 2.75) is 11.3 Å². The molecule has 0 spiro atoms. The minimum atomic E-state index is -3.84. The lowest BCUT2D eigenvalue weighted by Gasteiger charge is -2.05. The van der Waals surface area contributed by atoms with Crippen LogP contribution in [0.3, 0.4) is 0 Å². The van der Waals surface area contributed by atoms with Gasteiger partial charge in [0.2, 0.25) is 15.8 Å². The van der Waals surface area contributed by atoms with Gasteiger partial charge in [0.05, 0.1) is 0 Å². The second-order valence-corrected chi connectivity index (χ2v) is 6.51. The van der Waals surface area contributed by atoms with Gasteiger partial charge >= 0.3 is 5.97 Å². The van der Waals surface area contributed by atoms with Gasteiger partial charge in [-0.15, -0.1) is 0 Å². The van der Waals surface area contributed by atoms with Gasteiger partial charge in [0.25, 0.3) is 0 Å². The summed E-state index contributed by atoms with van der Waals surface area (Å²) in [5.74, 6) is -1.79. The average molecular weight is 375 g/mol. The van der Waals surface area contributed by atoms with Crippen LogP contribution in [0.4, 0.5) is 0 Å². The molecule has 0 fully saturated rings. The molecule has 0 aromatic carbocycles. The van der Waals surface area contributed by atoms with Crippen molar-refractivity contribution in [2.24, 2.45) is 0 Å². The maximum absolute atomic E-state index is 12.1. The number of carboxylic acids is 1. The Morgan fingerprint density at radius 3 is 2.62 bits per heavy atom. The molecule has 0 amide bonds. The van der Waals surface area contributed by atoms with E-state index in [-0.39, 0.29) is 16.1 Å². The van der Waals surface area contributed by atoms with E-state index >= 15 is 0 Å². The van der Waals surface area contributed by atoms with E-state index in [1.165, 1.54) is 0 Å². The summed E-state index contributed by atoms with van der Waals surface area (Å²) in [4.78, 5) is 14.4. The van der Waals surface area contributed by atoms with Gasteiger partial charge in [-0.05, 0) is 40.0 Å². The molecule has 2 heterocycles.